The minimum absolute atomic E-state index is 0.0301. The van der Waals surface area contributed by atoms with Crippen LogP contribution in [0.4, 0.5) is 11.4 Å². The summed E-state index contributed by atoms with van der Waals surface area (Å²) in [6.07, 6.45) is -0.275. The summed E-state index contributed by atoms with van der Waals surface area (Å²) in [7, 11) is -3.01. The highest BCUT2D eigenvalue weighted by Gasteiger charge is 2.66. The van der Waals surface area contributed by atoms with Gasteiger partial charge in [-0.1, -0.05) is 67.6 Å². The highest BCUT2D eigenvalue weighted by atomic mass is 28.4. The van der Waals surface area contributed by atoms with Gasteiger partial charge in [-0.2, -0.15) is 0 Å². The van der Waals surface area contributed by atoms with Gasteiger partial charge < -0.3 is 29.3 Å². The van der Waals surface area contributed by atoms with E-state index in [4.69, 9.17) is 4.74 Å². The number of β-lactam (4-membered cyclic amide) rings is 1. The van der Waals surface area contributed by atoms with Crippen LogP contribution in [0.25, 0.3) is 0 Å². The van der Waals surface area contributed by atoms with Crippen molar-refractivity contribution in [3.05, 3.63) is 95.6 Å². The van der Waals surface area contributed by atoms with E-state index in [0.717, 1.165) is 11.1 Å². The maximum absolute atomic E-state index is 14.7. The number of carbonyl (C=O) groups excluding carboxylic acids is 3. The number of hydrogen-bond donors (Lipinski definition) is 2. The number of aliphatic hydroxyl groups excluding tert-OH is 1. The summed E-state index contributed by atoms with van der Waals surface area (Å²) >= 11 is 0. The smallest absolute Gasteiger partial charge is 0.264 e. The molecule has 0 bridgehead atoms. The van der Waals surface area contributed by atoms with E-state index < -0.39 is 31.5 Å². The van der Waals surface area contributed by atoms with Crippen molar-refractivity contribution in [3.8, 4) is 0 Å². The Morgan fingerprint density at radius 2 is 1.69 bits per heavy atom. The molecular formula is C35H41N3O6Si. The van der Waals surface area contributed by atoms with Gasteiger partial charge in [-0.25, -0.2) is 0 Å². The normalized spacial score (nSPS) is 24.2. The van der Waals surface area contributed by atoms with Crippen LogP contribution in [-0.2, 0) is 37.8 Å². The predicted octanol–water partition coefficient (Wildman–Crippen LogP) is 4.18. The zero-order valence-electron chi connectivity index (χ0n) is 26.1. The van der Waals surface area contributed by atoms with Crippen molar-refractivity contribution in [1.82, 2.24) is 4.90 Å². The third-order valence-corrected chi connectivity index (χ3v) is 12.1. The minimum atomic E-state index is -3.01. The molecule has 3 heterocycles. The quantitative estimate of drug-likeness (QED) is 0.258. The summed E-state index contributed by atoms with van der Waals surface area (Å²) in [4.78, 5) is 57.7. The van der Waals surface area contributed by atoms with Gasteiger partial charge in [0.1, 0.15) is 0 Å². The number of hydrogen-bond acceptors (Lipinski definition) is 6. The first-order valence-electron chi connectivity index (χ1n) is 15.7. The minimum Gasteiger partial charge on any atom is -0.432 e. The fourth-order valence-corrected chi connectivity index (χ4v) is 10.0. The molecule has 3 aromatic carbocycles. The molecule has 236 valence electrons. The van der Waals surface area contributed by atoms with Crippen molar-refractivity contribution in [1.29, 1.82) is 0 Å². The number of carbonyl (C=O) groups is 3. The van der Waals surface area contributed by atoms with E-state index in [0.29, 0.717) is 43.0 Å². The lowest BCUT2D eigenvalue weighted by molar-refractivity contribution is -0.150. The van der Waals surface area contributed by atoms with Gasteiger partial charge in [-0.3, -0.25) is 14.4 Å². The average molecular weight is 628 g/mol. The third-order valence-electron chi connectivity index (χ3n) is 9.63. The molecule has 0 aromatic heterocycles. The standard InChI is InChI=1S/C35H41N3O6Si/c1-24-33(45(2,3)43)30(21-32(41)36(18-19-39)22-25-10-6-4-7-11-25)44-35(24)28-20-27(37-17-16-31(37)40)14-15-29(28)38(34(35)42)23-26-12-8-5-9-13-26/h4-15,20,24,30,33,39,43H,16-19,21-23H2,1-3H3/t24-,30+,33-,35+/m0/s1. The van der Waals surface area contributed by atoms with E-state index in [1.54, 1.807) is 14.7 Å². The molecule has 0 aliphatic carbocycles. The number of fused-ring (bicyclic) bond motifs is 2. The number of anilines is 2. The van der Waals surface area contributed by atoms with Crippen LogP contribution in [0.2, 0.25) is 18.6 Å². The molecule has 3 aliphatic rings. The molecule has 3 amide bonds. The van der Waals surface area contributed by atoms with Gasteiger partial charge >= 0.3 is 0 Å². The third kappa shape index (κ3) is 5.61. The van der Waals surface area contributed by atoms with E-state index in [1.165, 1.54) is 0 Å². The van der Waals surface area contributed by atoms with E-state index in [2.05, 4.69) is 0 Å². The van der Waals surface area contributed by atoms with Crippen molar-refractivity contribution in [2.75, 3.05) is 29.5 Å². The van der Waals surface area contributed by atoms with Crippen LogP contribution < -0.4 is 9.80 Å². The van der Waals surface area contributed by atoms with Crippen LogP contribution in [0.3, 0.4) is 0 Å². The van der Waals surface area contributed by atoms with Gasteiger partial charge in [0.2, 0.25) is 11.8 Å². The zero-order valence-corrected chi connectivity index (χ0v) is 27.1. The maximum Gasteiger partial charge on any atom is 0.264 e. The van der Waals surface area contributed by atoms with Gasteiger partial charge in [0.25, 0.3) is 5.91 Å². The lowest BCUT2D eigenvalue weighted by atomic mass is 9.82. The zero-order chi connectivity index (χ0) is 31.9. The van der Waals surface area contributed by atoms with Crippen molar-refractivity contribution < 1.29 is 29.0 Å². The Hall–Kier alpha value is -3.83. The fraction of sp³-hybridized carbons (Fsp3) is 0.400. The predicted molar refractivity (Wildman–Crippen MR) is 174 cm³/mol. The molecule has 3 aliphatic heterocycles. The monoisotopic (exact) mass is 627 g/mol. The second-order valence-corrected chi connectivity index (χ2v) is 16.9. The topological polar surface area (TPSA) is 111 Å². The Morgan fingerprint density at radius 1 is 1.02 bits per heavy atom. The molecule has 3 aromatic rings. The summed E-state index contributed by atoms with van der Waals surface area (Å²) < 4.78 is 6.90. The lowest BCUT2D eigenvalue weighted by Crippen LogP contribution is -2.46. The van der Waals surface area contributed by atoms with Crippen LogP contribution >= 0.6 is 0 Å². The van der Waals surface area contributed by atoms with E-state index in [1.807, 2.05) is 98.9 Å². The van der Waals surface area contributed by atoms with Crippen molar-refractivity contribution in [2.45, 2.75) is 63.2 Å². The number of nitrogens with zero attached hydrogens (tertiary/aromatic N) is 3. The molecule has 0 radical (unpaired) electrons. The van der Waals surface area contributed by atoms with Crippen LogP contribution in [-0.4, -0.2) is 66.6 Å². The number of benzene rings is 3. The van der Waals surface area contributed by atoms with Crippen molar-refractivity contribution in [2.24, 2.45) is 5.92 Å². The van der Waals surface area contributed by atoms with Crippen LogP contribution in [0.1, 0.15) is 36.5 Å². The highest BCUT2D eigenvalue weighted by molar-refractivity contribution is 6.71. The SMILES string of the molecule is C[C@H]1[C@H]([Si](C)(C)O)[C@@H](CC(=O)N(CCO)Cc2ccccc2)O[C@]12C(=O)N(Cc1ccccc1)c1ccc(N3CCC3=O)cc12. The molecule has 2 N–H and O–H groups in total. The summed E-state index contributed by atoms with van der Waals surface area (Å²) in [6.45, 7) is 6.87. The van der Waals surface area contributed by atoms with Crippen molar-refractivity contribution >= 4 is 37.4 Å². The Labute approximate surface area is 265 Å². The average Bonchev–Trinajstić information content (AvgIpc) is 3.43. The largest absolute Gasteiger partial charge is 0.432 e. The van der Waals surface area contributed by atoms with Crippen molar-refractivity contribution in [3.63, 3.8) is 0 Å². The first-order valence-corrected chi connectivity index (χ1v) is 18.7. The maximum atomic E-state index is 14.7. The van der Waals surface area contributed by atoms with Crippen LogP contribution in [0.15, 0.2) is 78.9 Å². The number of rotatable bonds is 10. The first-order chi connectivity index (χ1) is 21.5. The molecule has 1 spiro atoms. The van der Waals surface area contributed by atoms with Gasteiger partial charge in [-0.15, -0.1) is 0 Å². The van der Waals surface area contributed by atoms with Crippen LogP contribution in [0, 0.1) is 5.92 Å². The number of aliphatic hydroxyl groups is 1. The highest BCUT2D eigenvalue weighted by Crippen LogP contribution is 2.60. The summed E-state index contributed by atoms with van der Waals surface area (Å²) in [5.74, 6) is -0.855. The second kappa shape index (κ2) is 12.2. The van der Waals surface area contributed by atoms with Gasteiger partial charge in [0.15, 0.2) is 13.9 Å². The number of amides is 3. The van der Waals surface area contributed by atoms with Crippen LogP contribution in [0.5, 0.6) is 0 Å². The lowest BCUT2D eigenvalue weighted by Gasteiger charge is -2.33. The molecule has 0 saturated carbocycles. The number of ether oxygens (including phenoxy) is 1. The summed E-state index contributed by atoms with van der Waals surface area (Å²) in [6, 6.07) is 25.0. The molecule has 10 heteroatoms. The Bertz CT molecular complexity index is 1580. The molecule has 4 atom stereocenters. The first kappa shape index (κ1) is 31.2. The Morgan fingerprint density at radius 3 is 2.27 bits per heavy atom. The second-order valence-electron chi connectivity index (χ2n) is 13.0. The van der Waals surface area contributed by atoms with Gasteiger partial charge in [0, 0.05) is 48.8 Å². The molecule has 9 nitrogen and oxygen atoms in total. The van der Waals surface area contributed by atoms with E-state index >= 15 is 0 Å². The molecule has 2 fully saturated rings. The van der Waals surface area contributed by atoms with Gasteiger partial charge in [0.05, 0.1) is 31.4 Å². The summed E-state index contributed by atoms with van der Waals surface area (Å²) in [5, 5.41) is 9.79. The summed E-state index contributed by atoms with van der Waals surface area (Å²) in [5.41, 5.74) is 2.12. The molecule has 45 heavy (non-hydrogen) atoms. The Kier molecular flexibility index (Phi) is 8.42. The van der Waals surface area contributed by atoms with E-state index in [-0.39, 0.29) is 37.3 Å². The molecule has 2 saturated heterocycles. The molecular weight excluding hydrogens is 586 g/mol. The fourth-order valence-electron chi connectivity index (χ4n) is 7.46. The Balaban J connectivity index is 1.39. The molecule has 0 unspecified atom stereocenters. The van der Waals surface area contributed by atoms with Gasteiger partial charge in [-0.05, 0) is 42.4 Å². The molecule has 6 rings (SSSR count). The van der Waals surface area contributed by atoms with E-state index in [9.17, 15) is 24.3 Å².